The molecule has 1 saturated heterocycles. The van der Waals surface area contributed by atoms with E-state index in [1.807, 2.05) is 53.4 Å². The van der Waals surface area contributed by atoms with E-state index in [-0.39, 0.29) is 5.91 Å². The van der Waals surface area contributed by atoms with Gasteiger partial charge in [-0.2, -0.15) is 0 Å². The second kappa shape index (κ2) is 7.14. The molecule has 4 rings (SSSR count). The largest absolute Gasteiger partial charge is 0.294 e. The van der Waals surface area contributed by atoms with Gasteiger partial charge in [-0.25, -0.2) is 0 Å². The van der Waals surface area contributed by atoms with Gasteiger partial charge in [-0.15, -0.1) is 0 Å². The molecule has 0 radical (unpaired) electrons. The molecular formula is C21H21BrN2O. The van der Waals surface area contributed by atoms with Gasteiger partial charge in [0.1, 0.15) is 0 Å². The van der Waals surface area contributed by atoms with Crippen LogP contribution >= 0.6 is 15.9 Å². The number of amides is 1. The summed E-state index contributed by atoms with van der Waals surface area (Å²) in [7, 11) is 0. The summed E-state index contributed by atoms with van der Waals surface area (Å²) in [5.41, 5.74) is 3.86. The lowest BCUT2D eigenvalue weighted by Gasteiger charge is -2.30. The van der Waals surface area contributed by atoms with Gasteiger partial charge in [-0.3, -0.25) is 14.6 Å². The molecule has 4 heteroatoms. The van der Waals surface area contributed by atoms with Crippen molar-refractivity contribution in [1.29, 1.82) is 0 Å². The Morgan fingerprint density at radius 2 is 1.76 bits per heavy atom. The average molecular weight is 397 g/mol. The molecule has 2 heterocycles. The third-order valence-corrected chi connectivity index (χ3v) is 5.41. The van der Waals surface area contributed by atoms with E-state index in [9.17, 15) is 4.79 Å². The molecule has 0 aliphatic carbocycles. The van der Waals surface area contributed by atoms with Crippen LogP contribution < -0.4 is 4.90 Å². The topological polar surface area (TPSA) is 23.6 Å². The third-order valence-electron chi connectivity index (χ3n) is 4.92. The van der Waals surface area contributed by atoms with Crippen LogP contribution in [0.15, 0.2) is 53.0 Å². The van der Waals surface area contributed by atoms with Crippen LogP contribution in [0.2, 0.25) is 0 Å². The van der Waals surface area contributed by atoms with Crippen LogP contribution in [0.5, 0.6) is 0 Å². The number of anilines is 1. The van der Waals surface area contributed by atoms with E-state index in [1.54, 1.807) is 0 Å². The molecule has 0 saturated carbocycles. The van der Waals surface area contributed by atoms with Gasteiger partial charge in [0, 0.05) is 15.6 Å². The van der Waals surface area contributed by atoms with E-state index >= 15 is 0 Å². The minimum absolute atomic E-state index is 0.0996. The standard InChI is InChI=1S/C21H21BrN2O/c22-17-9-10-20-18(14-17)19(13-16-7-3-1-4-8-16)21(25)24(20)15-23-11-5-2-6-12-23/h1,3-4,7-10,13-14H,2,5-6,11-12,15H2. The first-order valence-corrected chi connectivity index (χ1v) is 9.62. The molecule has 2 aliphatic heterocycles. The van der Waals surface area contributed by atoms with Gasteiger partial charge in [0.2, 0.25) is 0 Å². The van der Waals surface area contributed by atoms with Gasteiger partial charge in [-0.05, 0) is 55.8 Å². The number of carbonyl (C=O) groups excluding carboxylic acids is 1. The van der Waals surface area contributed by atoms with Crippen molar-refractivity contribution in [1.82, 2.24) is 4.90 Å². The van der Waals surface area contributed by atoms with E-state index < -0.39 is 0 Å². The molecule has 0 bridgehead atoms. The monoisotopic (exact) mass is 396 g/mol. The minimum Gasteiger partial charge on any atom is -0.294 e. The van der Waals surface area contributed by atoms with Crippen LogP contribution in [0, 0.1) is 0 Å². The first-order chi connectivity index (χ1) is 12.2. The zero-order valence-electron chi connectivity index (χ0n) is 14.1. The number of fused-ring (bicyclic) bond motifs is 1. The zero-order chi connectivity index (χ0) is 17.2. The molecule has 2 aromatic rings. The molecule has 0 N–H and O–H groups in total. The van der Waals surface area contributed by atoms with Gasteiger partial charge >= 0.3 is 0 Å². The minimum atomic E-state index is 0.0996. The molecule has 3 nitrogen and oxygen atoms in total. The number of carbonyl (C=O) groups is 1. The maximum atomic E-state index is 13.2. The highest BCUT2D eigenvalue weighted by atomic mass is 79.9. The molecular weight excluding hydrogens is 376 g/mol. The molecule has 0 aromatic heterocycles. The Hall–Kier alpha value is -1.91. The normalized spacial score (nSPS) is 19.5. The van der Waals surface area contributed by atoms with Crippen LogP contribution in [0.25, 0.3) is 11.6 Å². The van der Waals surface area contributed by atoms with E-state index in [0.717, 1.165) is 39.9 Å². The first-order valence-electron chi connectivity index (χ1n) is 8.83. The number of nitrogens with zero attached hydrogens (tertiary/aromatic N) is 2. The molecule has 2 aromatic carbocycles. The average Bonchev–Trinajstić information content (AvgIpc) is 2.89. The number of halogens is 1. The van der Waals surface area contributed by atoms with Crippen LogP contribution in [0.3, 0.4) is 0 Å². The van der Waals surface area contributed by atoms with Crippen molar-refractivity contribution in [3.63, 3.8) is 0 Å². The summed E-state index contributed by atoms with van der Waals surface area (Å²) in [4.78, 5) is 17.5. The molecule has 0 spiro atoms. The van der Waals surface area contributed by atoms with Crippen molar-refractivity contribution in [3.8, 4) is 0 Å². The van der Waals surface area contributed by atoms with Gasteiger partial charge in [-0.1, -0.05) is 52.7 Å². The number of likely N-dealkylation sites (tertiary alicyclic amines) is 1. The molecule has 128 valence electrons. The zero-order valence-corrected chi connectivity index (χ0v) is 15.7. The fourth-order valence-electron chi connectivity index (χ4n) is 3.63. The Balaban J connectivity index is 1.71. The van der Waals surface area contributed by atoms with Crippen LogP contribution in [0.1, 0.15) is 30.4 Å². The molecule has 1 amide bonds. The van der Waals surface area contributed by atoms with Crippen molar-refractivity contribution in [3.05, 3.63) is 64.1 Å². The van der Waals surface area contributed by atoms with Crippen molar-refractivity contribution < 1.29 is 4.79 Å². The predicted octanol–water partition coefficient (Wildman–Crippen LogP) is 4.78. The Labute approximate surface area is 157 Å². The van der Waals surface area contributed by atoms with Crippen molar-refractivity contribution in [2.24, 2.45) is 0 Å². The van der Waals surface area contributed by atoms with E-state index in [0.29, 0.717) is 6.67 Å². The highest BCUT2D eigenvalue weighted by molar-refractivity contribution is 9.10. The Morgan fingerprint density at radius 3 is 2.52 bits per heavy atom. The van der Waals surface area contributed by atoms with Gasteiger partial charge < -0.3 is 0 Å². The summed E-state index contributed by atoms with van der Waals surface area (Å²) in [5.74, 6) is 0.0996. The van der Waals surface area contributed by atoms with Crippen LogP contribution in [-0.4, -0.2) is 30.6 Å². The SMILES string of the molecule is O=C1C(=Cc2ccccc2)c2cc(Br)ccc2N1CN1CCCCC1. The van der Waals surface area contributed by atoms with Crippen LogP contribution in [-0.2, 0) is 4.79 Å². The first kappa shape index (κ1) is 16.6. The van der Waals surface area contributed by atoms with Gasteiger partial charge in [0.15, 0.2) is 0 Å². The predicted molar refractivity (Wildman–Crippen MR) is 106 cm³/mol. The highest BCUT2D eigenvalue weighted by Crippen LogP contribution is 2.39. The Kier molecular flexibility index (Phi) is 4.73. The highest BCUT2D eigenvalue weighted by Gasteiger charge is 2.33. The Morgan fingerprint density at radius 1 is 1.00 bits per heavy atom. The molecule has 1 fully saturated rings. The van der Waals surface area contributed by atoms with E-state index in [4.69, 9.17) is 0 Å². The third kappa shape index (κ3) is 3.42. The maximum Gasteiger partial charge on any atom is 0.260 e. The quantitative estimate of drug-likeness (QED) is 0.696. The van der Waals surface area contributed by atoms with E-state index in [2.05, 4.69) is 26.9 Å². The van der Waals surface area contributed by atoms with Crippen molar-refractivity contribution >= 4 is 39.2 Å². The smallest absolute Gasteiger partial charge is 0.260 e. The molecule has 0 unspecified atom stereocenters. The summed E-state index contributed by atoms with van der Waals surface area (Å²) in [6.45, 7) is 2.83. The van der Waals surface area contributed by atoms with E-state index in [1.165, 1.54) is 19.3 Å². The summed E-state index contributed by atoms with van der Waals surface area (Å²) in [5, 5.41) is 0. The van der Waals surface area contributed by atoms with Crippen molar-refractivity contribution in [2.75, 3.05) is 24.7 Å². The fourth-order valence-corrected chi connectivity index (χ4v) is 3.99. The fraction of sp³-hybridized carbons (Fsp3) is 0.286. The summed E-state index contributed by atoms with van der Waals surface area (Å²) < 4.78 is 0.998. The van der Waals surface area contributed by atoms with Gasteiger partial charge in [0.05, 0.1) is 12.4 Å². The molecule has 25 heavy (non-hydrogen) atoms. The lowest BCUT2D eigenvalue weighted by Crippen LogP contribution is -2.42. The second-order valence-electron chi connectivity index (χ2n) is 6.68. The summed E-state index contributed by atoms with van der Waals surface area (Å²) >= 11 is 3.55. The Bertz CT molecular complexity index is 810. The molecule has 0 atom stereocenters. The van der Waals surface area contributed by atoms with Gasteiger partial charge in [0.25, 0.3) is 5.91 Å². The lowest BCUT2D eigenvalue weighted by atomic mass is 10.0. The number of benzene rings is 2. The number of hydrogen-bond acceptors (Lipinski definition) is 2. The number of rotatable bonds is 3. The van der Waals surface area contributed by atoms with Crippen LogP contribution in [0.4, 0.5) is 5.69 Å². The maximum absolute atomic E-state index is 13.2. The summed E-state index contributed by atoms with van der Waals surface area (Å²) in [6, 6.07) is 16.2. The number of piperidine rings is 1. The number of hydrogen-bond donors (Lipinski definition) is 0. The molecule has 2 aliphatic rings. The van der Waals surface area contributed by atoms with Crippen molar-refractivity contribution in [2.45, 2.75) is 19.3 Å². The summed E-state index contributed by atoms with van der Waals surface area (Å²) in [6.07, 6.45) is 5.75. The second-order valence-corrected chi connectivity index (χ2v) is 7.60. The lowest BCUT2D eigenvalue weighted by molar-refractivity contribution is -0.113.